The average molecular weight is 293 g/mol. The molecule has 0 aliphatic carbocycles. The fraction of sp³-hybridized carbons (Fsp3) is 0.400. The summed E-state index contributed by atoms with van der Waals surface area (Å²) in [5.74, 6) is 0.911. The van der Waals surface area contributed by atoms with E-state index < -0.39 is 6.10 Å². The van der Waals surface area contributed by atoms with Crippen molar-refractivity contribution in [3.05, 3.63) is 45.9 Å². The number of hydrogen-bond acceptors (Lipinski definition) is 4. The van der Waals surface area contributed by atoms with Gasteiger partial charge >= 0.3 is 0 Å². The fourth-order valence-electron chi connectivity index (χ4n) is 1.74. The van der Waals surface area contributed by atoms with E-state index in [4.69, 9.17) is 0 Å². The van der Waals surface area contributed by atoms with Crippen LogP contribution in [0.25, 0.3) is 0 Å². The van der Waals surface area contributed by atoms with E-state index >= 15 is 0 Å². The van der Waals surface area contributed by atoms with Gasteiger partial charge in [0, 0.05) is 16.0 Å². The highest BCUT2D eigenvalue weighted by molar-refractivity contribution is 7.98. The lowest BCUT2D eigenvalue weighted by Crippen LogP contribution is -1.90. The third-order valence-electron chi connectivity index (χ3n) is 2.81. The van der Waals surface area contributed by atoms with Crippen LogP contribution >= 0.6 is 23.1 Å². The highest BCUT2D eigenvalue weighted by Crippen LogP contribution is 2.25. The third-order valence-corrected chi connectivity index (χ3v) is 4.82. The number of thiazole rings is 1. The fourth-order valence-corrected chi connectivity index (χ4v) is 3.54. The van der Waals surface area contributed by atoms with E-state index in [-0.39, 0.29) is 0 Å². The Hall–Kier alpha value is -0.840. The Morgan fingerprint density at radius 1 is 1.32 bits per heavy atom. The standard InChI is InChI=1S/C15H19NOS2/c1-3-4-15-16-13(10-19-15)9-18-14-7-5-12(6-8-14)11(2)17/h5-8,10-11,17H,3-4,9H2,1-2H3. The van der Waals surface area contributed by atoms with Crippen molar-refractivity contribution in [2.75, 3.05) is 0 Å². The summed E-state index contributed by atoms with van der Waals surface area (Å²) in [6.45, 7) is 3.96. The lowest BCUT2D eigenvalue weighted by Gasteiger charge is -2.05. The second-order valence-electron chi connectivity index (χ2n) is 4.52. The Labute approximate surface area is 122 Å². The lowest BCUT2D eigenvalue weighted by molar-refractivity contribution is 0.199. The summed E-state index contributed by atoms with van der Waals surface area (Å²) in [5.41, 5.74) is 2.13. The summed E-state index contributed by atoms with van der Waals surface area (Å²) in [7, 11) is 0. The molecule has 102 valence electrons. The minimum absolute atomic E-state index is 0.394. The molecule has 2 nitrogen and oxygen atoms in total. The molecule has 0 bridgehead atoms. The largest absolute Gasteiger partial charge is 0.389 e. The van der Waals surface area contributed by atoms with Crippen LogP contribution < -0.4 is 0 Å². The molecule has 1 unspecified atom stereocenters. The molecule has 1 aromatic heterocycles. The molecule has 2 aromatic rings. The molecule has 1 atom stereocenters. The molecule has 4 heteroatoms. The molecule has 0 aliphatic rings. The zero-order valence-electron chi connectivity index (χ0n) is 11.3. The topological polar surface area (TPSA) is 33.1 Å². The number of aryl methyl sites for hydroxylation is 1. The van der Waals surface area contributed by atoms with Gasteiger partial charge in [-0.15, -0.1) is 23.1 Å². The van der Waals surface area contributed by atoms with E-state index in [2.05, 4.69) is 29.4 Å². The first-order chi connectivity index (χ1) is 9.19. The van der Waals surface area contributed by atoms with E-state index in [1.165, 1.54) is 9.90 Å². The first-order valence-corrected chi connectivity index (χ1v) is 8.39. The molecule has 0 amide bonds. The van der Waals surface area contributed by atoms with E-state index in [9.17, 15) is 5.11 Å². The van der Waals surface area contributed by atoms with Crippen molar-refractivity contribution in [2.45, 2.75) is 43.4 Å². The van der Waals surface area contributed by atoms with Crippen LogP contribution in [-0.2, 0) is 12.2 Å². The number of benzene rings is 1. The summed E-state index contributed by atoms with van der Waals surface area (Å²) in [4.78, 5) is 5.84. The first kappa shape index (κ1) is 14.6. The molecule has 1 aromatic carbocycles. The van der Waals surface area contributed by atoms with E-state index in [1.54, 1.807) is 30.0 Å². The molecular weight excluding hydrogens is 274 g/mol. The molecule has 1 heterocycles. The van der Waals surface area contributed by atoms with Crippen molar-refractivity contribution in [1.29, 1.82) is 0 Å². The Morgan fingerprint density at radius 2 is 2.05 bits per heavy atom. The van der Waals surface area contributed by atoms with Gasteiger partial charge < -0.3 is 5.11 Å². The van der Waals surface area contributed by atoms with Crippen molar-refractivity contribution < 1.29 is 5.11 Å². The number of thioether (sulfide) groups is 1. The van der Waals surface area contributed by atoms with Crippen LogP contribution in [0.4, 0.5) is 0 Å². The van der Waals surface area contributed by atoms with Gasteiger partial charge in [0.2, 0.25) is 0 Å². The second-order valence-corrected chi connectivity index (χ2v) is 6.51. The zero-order valence-corrected chi connectivity index (χ0v) is 12.9. The number of aliphatic hydroxyl groups is 1. The highest BCUT2D eigenvalue weighted by Gasteiger charge is 2.04. The molecule has 19 heavy (non-hydrogen) atoms. The predicted octanol–water partition coefficient (Wildman–Crippen LogP) is 4.44. The monoisotopic (exact) mass is 293 g/mol. The van der Waals surface area contributed by atoms with Gasteiger partial charge in [0.25, 0.3) is 0 Å². The predicted molar refractivity (Wildman–Crippen MR) is 82.7 cm³/mol. The maximum Gasteiger partial charge on any atom is 0.0928 e. The molecule has 0 aliphatic heterocycles. The Kier molecular flexibility index (Phi) is 5.43. The summed E-state index contributed by atoms with van der Waals surface area (Å²) in [6, 6.07) is 8.09. The molecule has 2 rings (SSSR count). The molecule has 1 N–H and O–H groups in total. The summed E-state index contributed by atoms with van der Waals surface area (Å²) >= 11 is 3.55. The molecule has 0 radical (unpaired) electrons. The molecular formula is C15H19NOS2. The molecule has 0 fully saturated rings. The van der Waals surface area contributed by atoms with Gasteiger partial charge in [-0.2, -0.15) is 0 Å². The van der Waals surface area contributed by atoms with E-state index in [0.29, 0.717) is 0 Å². The molecule has 0 spiro atoms. The van der Waals surface area contributed by atoms with Crippen LogP contribution in [0.1, 0.15) is 42.6 Å². The SMILES string of the molecule is CCCc1nc(CSc2ccc(C(C)O)cc2)cs1. The Balaban J connectivity index is 1.90. The smallest absolute Gasteiger partial charge is 0.0928 e. The summed E-state index contributed by atoms with van der Waals surface area (Å²) in [6.07, 6.45) is 1.84. The van der Waals surface area contributed by atoms with Gasteiger partial charge in [-0.25, -0.2) is 4.98 Å². The lowest BCUT2D eigenvalue weighted by atomic mass is 10.1. The van der Waals surface area contributed by atoms with Crippen LogP contribution in [-0.4, -0.2) is 10.1 Å². The van der Waals surface area contributed by atoms with Crippen molar-refractivity contribution in [3.8, 4) is 0 Å². The average Bonchev–Trinajstić information content (AvgIpc) is 2.85. The summed E-state index contributed by atoms with van der Waals surface area (Å²) in [5, 5.41) is 12.9. The van der Waals surface area contributed by atoms with Crippen LogP contribution in [0.3, 0.4) is 0 Å². The summed E-state index contributed by atoms with van der Waals surface area (Å²) < 4.78 is 0. The van der Waals surface area contributed by atoms with Crippen molar-refractivity contribution in [1.82, 2.24) is 4.98 Å². The van der Waals surface area contributed by atoms with Crippen molar-refractivity contribution in [3.63, 3.8) is 0 Å². The van der Waals surface area contributed by atoms with Gasteiger partial charge in [-0.1, -0.05) is 19.1 Å². The van der Waals surface area contributed by atoms with Crippen molar-refractivity contribution in [2.24, 2.45) is 0 Å². The molecule has 0 saturated carbocycles. The quantitative estimate of drug-likeness (QED) is 0.799. The minimum Gasteiger partial charge on any atom is -0.389 e. The number of hydrogen-bond donors (Lipinski definition) is 1. The Bertz CT molecular complexity index is 505. The third kappa shape index (κ3) is 4.34. The van der Waals surface area contributed by atoms with E-state index in [1.807, 2.05) is 12.1 Å². The molecule has 0 saturated heterocycles. The normalized spacial score (nSPS) is 12.6. The first-order valence-electron chi connectivity index (χ1n) is 6.53. The van der Waals surface area contributed by atoms with Gasteiger partial charge in [-0.05, 0) is 37.5 Å². The van der Waals surface area contributed by atoms with Crippen molar-refractivity contribution >= 4 is 23.1 Å². The van der Waals surface area contributed by atoms with Crippen LogP contribution in [0.5, 0.6) is 0 Å². The maximum atomic E-state index is 9.46. The van der Waals surface area contributed by atoms with Crippen LogP contribution in [0.2, 0.25) is 0 Å². The number of aliphatic hydroxyl groups excluding tert-OH is 1. The highest BCUT2D eigenvalue weighted by atomic mass is 32.2. The van der Waals surface area contributed by atoms with Gasteiger partial charge in [0.05, 0.1) is 16.8 Å². The van der Waals surface area contributed by atoms with Crippen LogP contribution in [0.15, 0.2) is 34.5 Å². The number of aromatic nitrogens is 1. The maximum absolute atomic E-state index is 9.46. The number of nitrogens with zero attached hydrogens (tertiary/aromatic N) is 1. The minimum atomic E-state index is -0.394. The van der Waals surface area contributed by atoms with Crippen LogP contribution in [0, 0.1) is 0 Å². The second kappa shape index (κ2) is 7.08. The van der Waals surface area contributed by atoms with Gasteiger partial charge in [0.15, 0.2) is 0 Å². The van der Waals surface area contributed by atoms with Gasteiger partial charge in [0.1, 0.15) is 0 Å². The number of rotatable bonds is 6. The Morgan fingerprint density at radius 3 is 2.68 bits per heavy atom. The van der Waals surface area contributed by atoms with E-state index in [0.717, 1.165) is 29.9 Å². The zero-order chi connectivity index (χ0) is 13.7. The van der Waals surface area contributed by atoms with Gasteiger partial charge in [-0.3, -0.25) is 0 Å².